The van der Waals surface area contributed by atoms with Gasteiger partial charge < -0.3 is 5.32 Å². The number of nitrogens with zero attached hydrogens (tertiary/aromatic N) is 4. The number of carbonyl (C=O) groups is 1. The Morgan fingerprint density at radius 3 is 2.72 bits per heavy atom. The summed E-state index contributed by atoms with van der Waals surface area (Å²) in [5.41, 5.74) is 3.51. The lowest BCUT2D eigenvalue weighted by Crippen LogP contribution is -2.24. The van der Waals surface area contributed by atoms with Gasteiger partial charge in [-0.15, -0.1) is 11.3 Å². The monoisotopic (exact) mass is 407 g/mol. The van der Waals surface area contributed by atoms with Crippen LogP contribution in [0, 0.1) is 5.82 Å². The van der Waals surface area contributed by atoms with Gasteiger partial charge in [0.05, 0.1) is 18.7 Å². The molecule has 2 heterocycles. The van der Waals surface area contributed by atoms with E-state index >= 15 is 0 Å². The van der Waals surface area contributed by atoms with Gasteiger partial charge in [-0.3, -0.25) is 4.79 Å². The quantitative estimate of drug-likeness (QED) is 0.509. The molecule has 146 valence electrons. The fraction of sp³-hybridized carbons (Fsp3) is 0.143. The third-order valence-corrected chi connectivity index (χ3v) is 5.23. The van der Waals surface area contributed by atoms with Crippen LogP contribution in [0.4, 0.5) is 4.39 Å². The number of amides is 1. The summed E-state index contributed by atoms with van der Waals surface area (Å²) in [6, 6.07) is 14.3. The van der Waals surface area contributed by atoms with Crippen molar-refractivity contribution in [3.63, 3.8) is 0 Å². The van der Waals surface area contributed by atoms with Gasteiger partial charge in [0.2, 0.25) is 5.91 Å². The third-order valence-electron chi connectivity index (χ3n) is 4.29. The maximum atomic E-state index is 13.4. The Morgan fingerprint density at radius 1 is 1.14 bits per heavy atom. The second kappa shape index (κ2) is 8.74. The third kappa shape index (κ3) is 5.11. The van der Waals surface area contributed by atoms with Gasteiger partial charge in [-0.1, -0.05) is 36.4 Å². The Kier molecular flexibility index (Phi) is 5.71. The largest absolute Gasteiger partial charge is 0.352 e. The number of halogens is 1. The van der Waals surface area contributed by atoms with E-state index in [0.29, 0.717) is 29.4 Å². The summed E-state index contributed by atoms with van der Waals surface area (Å²) < 4.78 is 15.1. The number of rotatable bonds is 7. The molecule has 0 saturated heterocycles. The zero-order valence-corrected chi connectivity index (χ0v) is 16.3. The topological polar surface area (TPSA) is 72.7 Å². The summed E-state index contributed by atoms with van der Waals surface area (Å²) in [7, 11) is 0. The van der Waals surface area contributed by atoms with Gasteiger partial charge in [-0.05, 0) is 23.3 Å². The molecule has 2 aromatic heterocycles. The number of aromatic nitrogens is 4. The van der Waals surface area contributed by atoms with Crippen LogP contribution in [0.2, 0.25) is 0 Å². The molecule has 2 aromatic carbocycles. The molecule has 29 heavy (non-hydrogen) atoms. The number of hydrogen-bond acceptors (Lipinski definition) is 5. The predicted octanol–water partition coefficient (Wildman–Crippen LogP) is 3.45. The van der Waals surface area contributed by atoms with Crippen molar-refractivity contribution < 1.29 is 9.18 Å². The normalized spacial score (nSPS) is 10.8. The molecule has 1 N–H and O–H groups in total. The van der Waals surface area contributed by atoms with Crippen molar-refractivity contribution in [2.75, 3.05) is 0 Å². The molecule has 0 atom stereocenters. The molecule has 0 saturated carbocycles. The van der Waals surface area contributed by atoms with Crippen LogP contribution < -0.4 is 5.32 Å². The van der Waals surface area contributed by atoms with E-state index in [0.717, 1.165) is 11.1 Å². The minimum absolute atomic E-state index is 0.104. The van der Waals surface area contributed by atoms with Crippen molar-refractivity contribution in [1.82, 2.24) is 25.1 Å². The molecular weight excluding hydrogens is 389 g/mol. The van der Waals surface area contributed by atoms with E-state index in [9.17, 15) is 9.18 Å². The molecule has 6 nitrogen and oxygen atoms in total. The molecule has 0 spiro atoms. The van der Waals surface area contributed by atoms with Crippen LogP contribution in [-0.4, -0.2) is 25.7 Å². The van der Waals surface area contributed by atoms with Crippen LogP contribution in [0.1, 0.15) is 16.8 Å². The van der Waals surface area contributed by atoms with E-state index < -0.39 is 0 Å². The molecule has 0 aliphatic rings. The van der Waals surface area contributed by atoms with Gasteiger partial charge in [0.25, 0.3) is 0 Å². The second-order valence-electron chi connectivity index (χ2n) is 6.52. The number of thiazole rings is 1. The van der Waals surface area contributed by atoms with Crippen LogP contribution in [0.15, 0.2) is 66.6 Å². The van der Waals surface area contributed by atoms with E-state index in [1.54, 1.807) is 23.1 Å². The first-order chi connectivity index (χ1) is 14.2. The fourth-order valence-corrected chi connectivity index (χ4v) is 3.65. The lowest BCUT2D eigenvalue weighted by molar-refractivity contribution is -0.120. The van der Waals surface area contributed by atoms with Crippen molar-refractivity contribution in [3.05, 3.63) is 89.2 Å². The molecular formula is C21H18FN5OS. The Morgan fingerprint density at radius 2 is 1.97 bits per heavy atom. The molecule has 0 fully saturated rings. The van der Waals surface area contributed by atoms with Crippen LogP contribution >= 0.6 is 11.3 Å². The summed E-state index contributed by atoms with van der Waals surface area (Å²) in [6.45, 7) is 1.10. The van der Waals surface area contributed by atoms with Gasteiger partial charge in [-0.2, -0.15) is 5.10 Å². The van der Waals surface area contributed by atoms with E-state index in [1.165, 1.54) is 29.8 Å². The highest BCUT2D eigenvalue weighted by Gasteiger charge is 2.09. The van der Waals surface area contributed by atoms with Crippen molar-refractivity contribution >= 4 is 17.2 Å². The molecule has 1 amide bonds. The van der Waals surface area contributed by atoms with Gasteiger partial charge in [0.15, 0.2) is 0 Å². The highest BCUT2D eigenvalue weighted by molar-refractivity contribution is 7.13. The average molecular weight is 407 g/mol. The van der Waals surface area contributed by atoms with E-state index in [-0.39, 0.29) is 18.1 Å². The highest BCUT2D eigenvalue weighted by Crippen LogP contribution is 2.24. The second-order valence-corrected chi connectivity index (χ2v) is 7.38. The van der Waals surface area contributed by atoms with E-state index in [4.69, 9.17) is 0 Å². The minimum atomic E-state index is -0.302. The Bertz CT molecular complexity index is 1090. The van der Waals surface area contributed by atoms with Gasteiger partial charge >= 0.3 is 0 Å². The SMILES string of the molecule is O=C(Cc1csc(-c2cccc(F)c2)n1)NCc1ccc(Cn2cncn2)cc1. The Hall–Kier alpha value is -3.39. The Balaban J connectivity index is 1.29. The van der Waals surface area contributed by atoms with Crippen molar-refractivity contribution in [1.29, 1.82) is 0 Å². The molecule has 8 heteroatoms. The molecule has 0 aliphatic heterocycles. The average Bonchev–Trinajstić information content (AvgIpc) is 3.40. The summed E-state index contributed by atoms with van der Waals surface area (Å²) in [5, 5.41) is 9.53. The van der Waals surface area contributed by atoms with Crippen LogP contribution in [-0.2, 0) is 24.3 Å². The standard InChI is InChI=1S/C21H18FN5OS/c22-18-3-1-2-17(8-18)21-26-19(12-29-21)9-20(28)24-10-15-4-6-16(7-5-15)11-27-14-23-13-25-27/h1-8,12-14H,9-11H2,(H,24,28). The number of benzene rings is 2. The lowest BCUT2D eigenvalue weighted by Gasteiger charge is -2.06. The maximum Gasteiger partial charge on any atom is 0.226 e. The first kappa shape index (κ1) is 18.9. The smallest absolute Gasteiger partial charge is 0.226 e. The minimum Gasteiger partial charge on any atom is -0.352 e. The predicted molar refractivity (Wildman–Crippen MR) is 109 cm³/mol. The van der Waals surface area contributed by atoms with Crippen molar-refractivity contribution in [3.8, 4) is 10.6 Å². The summed E-state index contributed by atoms with van der Waals surface area (Å²) in [5.74, 6) is -0.405. The molecule has 0 radical (unpaired) electrons. The fourth-order valence-electron chi connectivity index (χ4n) is 2.83. The van der Waals surface area contributed by atoms with Gasteiger partial charge in [0, 0.05) is 17.5 Å². The molecule has 0 bridgehead atoms. The van der Waals surface area contributed by atoms with E-state index in [1.807, 2.05) is 29.6 Å². The van der Waals surface area contributed by atoms with Gasteiger partial charge in [0.1, 0.15) is 23.5 Å². The number of carbonyl (C=O) groups excluding carboxylic acids is 1. The zero-order valence-electron chi connectivity index (χ0n) is 15.5. The summed E-state index contributed by atoms with van der Waals surface area (Å²) in [6.07, 6.45) is 3.37. The highest BCUT2D eigenvalue weighted by atomic mass is 32.1. The summed E-state index contributed by atoms with van der Waals surface area (Å²) >= 11 is 1.40. The Labute approximate surface area is 171 Å². The zero-order chi connectivity index (χ0) is 20.1. The lowest BCUT2D eigenvalue weighted by atomic mass is 10.1. The first-order valence-corrected chi connectivity index (χ1v) is 9.91. The van der Waals surface area contributed by atoms with Crippen LogP contribution in [0.25, 0.3) is 10.6 Å². The molecule has 4 aromatic rings. The maximum absolute atomic E-state index is 13.4. The first-order valence-electron chi connectivity index (χ1n) is 9.03. The van der Waals surface area contributed by atoms with Gasteiger partial charge in [-0.25, -0.2) is 19.0 Å². The summed E-state index contributed by atoms with van der Waals surface area (Å²) in [4.78, 5) is 20.6. The molecule has 0 aliphatic carbocycles. The van der Waals surface area contributed by atoms with Crippen molar-refractivity contribution in [2.45, 2.75) is 19.5 Å². The molecule has 0 unspecified atom stereocenters. The van der Waals surface area contributed by atoms with Crippen molar-refractivity contribution in [2.24, 2.45) is 0 Å². The number of nitrogens with one attached hydrogen (secondary N) is 1. The molecule has 4 rings (SSSR count). The van der Waals surface area contributed by atoms with Crippen LogP contribution in [0.3, 0.4) is 0 Å². The van der Waals surface area contributed by atoms with Crippen LogP contribution in [0.5, 0.6) is 0 Å². The number of hydrogen-bond donors (Lipinski definition) is 1. The van der Waals surface area contributed by atoms with E-state index in [2.05, 4.69) is 20.4 Å².